The molecule has 0 radical (unpaired) electrons. The number of anilines is 2. The van der Waals surface area contributed by atoms with E-state index in [4.69, 9.17) is 30.9 Å². The molecule has 5 heterocycles. The van der Waals surface area contributed by atoms with Crippen LogP contribution in [0.25, 0.3) is 22.1 Å². The van der Waals surface area contributed by atoms with Crippen molar-refractivity contribution in [2.45, 2.75) is 79.4 Å². The van der Waals surface area contributed by atoms with Gasteiger partial charge in [0.25, 0.3) is 11.8 Å². The number of aryl methyl sites for hydroxylation is 4. The maximum Gasteiger partial charge on any atom is 0.276 e. The van der Waals surface area contributed by atoms with Crippen molar-refractivity contribution in [2.75, 3.05) is 44.0 Å². The minimum atomic E-state index is -0.659. The van der Waals surface area contributed by atoms with Crippen LogP contribution in [0.5, 0.6) is 11.5 Å². The van der Waals surface area contributed by atoms with Crippen molar-refractivity contribution in [3.05, 3.63) is 80.6 Å². The fourth-order valence-corrected chi connectivity index (χ4v) is 9.52. The molecular formula is C44H52N12O6S. The number of aromatic nitrogens is 7. The number of nitrogens with two attached hydrogens (primary N) is 2. The van der Waals surface area contributed by atoms with Crippen LogP contribution in [0.15, 0.2) is 42.5 Å². The zero-order valence-corrected chi connectivity index (χ0v) is 36.9. The van der Waals surface area contributed by atoms with Gasteiger partial charge in [-0.05, 0) is 82.2 Å². The number of hydrogen-bond acceptors (Lipinski definition) is 12. The molecule has 330 valence electrons. The summed E-state index contributed by atoms with van der Waals surface area (Å²) in [6.45, 7) is 11.9. The van der Waals surface area contributed by atoms with Gasteiger partial charge < -0.3 is 35.0 Å². The van der Waals surface area contributed by atoms with E-state index in [1.54, 1.807) is 33.5 Å². The van der Waals surface area contributed by atoms with Gasteiger partial charge in [-0.25, -0.2) is 15.0 Å². The highest BCUT2D eigenvalue weighted by Gasteiger charge is 2.46. The zero-order chi connectivity index (χ0) is 44.6. The van der Waals surface area contributed by atoms with Crippen molar-refractivity contribution in [3.8, 4) is 11.5 Å². The Morgan fingerprint density at radius 1 is 0.841 bits per heavy atom. The maximum absolute atomic E-state index is 13.9. The molecule has 1 aliphatic heterocycles. The molecule has 2 fully saturated rings. The monoisotopic (exact) mass is 876 g/mol. The summed E-state index contributed by atoms with van der Waals surface area (Å²) in [5, 5.41) is 11.1. The fraction of sp³-hybridized carbons (Fsp3) is 0.409. The number of thiazole rings is 1. The summed E-state index contributed by atoms with van der Waals surface area (Å²) < 4.78 is 17.3. The number of carbonyl (C=O) groups excluding carboxylic acids is 4. The van der Waals surface area contributed by atoms with Crippen LogP contribution >= 0.6 is 11.3 Å². The number of benzene rings is 2. The maximum atomic E-state index is 13.9. The van der Waals surface area contributed by atoms with Crippen LogP contribution in [0.2, 0.25) is 0 Å². The lowest BCUT2D eigenvalue weighted by molar-refractivity contribution is -0.0608. The van der Waals surface area contributed by atoms with Gasteiger partial charge in [0.15, 0.2) is 0 Å². The highest BCUT2D eigenvalue weighted by Crippen LogP contribution is 2.48. The summed E-state index contributed by atoms with van der Waals surface area (Å²) in [6.07, 6.45) is 9.05. The Labute approximate surface area is 367 Å². The highest BCUT2D eigenvalue weighted by atomic mass is 32.1. The van der Waals surface area contributed by atoms with Crippen LogP contribution < -0.4 is 31.6 Å². The van der Waals surface area contributed by atoms with E-state index in [0.29, 0.717) is 80.5 Å². The first-order chi connectivity index (χ1) is 30.3. The number of fused-ring (bicyclic) bond motifs is 2. The first-order valence-electron chi connectivity index (χ1n) is 21.2. The van der Waals surface area contributed by atoms with E-state index in [0.717, 1.165) is 31.1 Å². The van der Waals surface area contributed by atoms with Gasteiger partial charge in [0.1, 0.15) is 33.1 Å². The minimum Gasteiger partial charge on any atom is -0.494 e. The summed E-state index contributed by atoms with van der Waals surface area (Å²) in [6, 6.07) is 8.00. The number of allylic oxidation sites excluding steroid dienone is 2. The van der Waals surface area contributed by atoms with Crippen LogP contribution in [0, 0.1) is 19.3 Å². The van der Waals surface area contributed by atoms with E-state index in [1.807, 2.05) is 44.4 Å². The van der Waals surface area contributed by atoms with Crippen molar-refractivity contribution in [1.29, 1.82) is 0 Å². The van der Waals surface area contributed by atoms with Crippen molar-refractivity contribution >= 4 is 68.9 Å². The second kappa shape index (κ2) is 17.6. The molecule has 4 amide bonds. The predicted molar refractivity (Wildman–Crippen MR) is 240 cm³/mol. The van der Waals surface area contributed by atoms with Gasteiger partial charge in [0, 0.05) is 50.4 Å². The van der Waals surface area contributed by atoms with Gasteiger partial charge in [0.05, 0.1) is 41.1 Å². The number of primary amides is 2. The molecule has 2 aliphatic rings. The quantitative estimate of drug-likeness (QED) is 0.0626. The van der Waals surface area contributed by atoms with Crippen LogP contribution in [0.1, 0.15) is 96.8 Å². The Bertz CT molecular complexity index is 2790. The molecule has 0 atom stereocenters. The third kappa shape index (κ3) is 8.62. The topological polar surface area (TPSA) is 232 Å². The first kappa shape index (κ1) is 43.1. The van der Waals surface area contributed by atoms with Crippen molar-refractivity contribution in [3.63, 3.8) is 0 Å². The normalized spacial score (nSPS) is 14.6. The Morgan fingerprint density at radius 2 is 1.44 bits per heavy atom. The Morgan fingerprint density at radius 3 is 2.00 bits per heavy atom. The average Bonchev–Trinajstić information content (AvgIpc) is 3.99. The molecule has 18 nitrogen and oxygen atoms in total. The highest BCUT2D eigenvalue weighted by molar-refractivity contribution is 7.13. The second-order valence-electron chi connectivity index (χ2n) is 16.2. The SMILES string of the molecule is CCc1nc(C)sc1C(=O)Nc1nc2cc(C(N)=O)cc(OCCCN3CC4(CCC4)C3)c2n1C/C=C/Cn1c(NC(=O)c2cc(C)nn2CC)nc2cc(C(N)=O)cc(OC)c21. The summed E-state index contributed by atoms with van der Waals surface area (Å²) in [5.74, 6) is -0.906. The van der Waals surface area contributed by atoms with E-state index in [9.17, 15) is 19.2 Å². The molecule has 1 spiro atoms. The van der Waals surface area contributed by atoms with Crippen molar-refractivity contribution in [1.82, 2.24) is 38.8 Å². The number of nitrogens with zero attached hydrogens (tertiary/aromatic N) is 8. The van der Waals surface area contributed by atoms with E-state index < -0.39 is 17.7 Å². The number of methoxy groups -OCH3 is 1. The molecule has 6 aromatic rings. The van der Waals surface area contributed by atoms with Gasteiger partial charge in [0.2, 0.25) is 23.7 Å². The fourth-order valence-electron chi connectivity index (χ4n) is 8.62. The van der Waals surface area contributed by atoms with Crippen LogP contribution in [-0.2, 0) is 26.1 Å². The molecule has 1 saturated heterocycles. The zero-order valence-electron chi connectivity index (χ0n) is 36.1. The Balaban J connectivity index is 1.13. The van der Waals surface area contributed by atoms with E-state index >= 15 is 0 Å². The largest absolute Gasteiger partial charge is 0.494 e. The minimum absolute atomic E-state index is 0.186. The van der Waals surface area contributed by atoms with Gasteiger partial charge >= 0.3 is 0 Å². The molecule has 8 rings (SSSR count). The third-order valence-electron chi connectivity index (χ3n) is 11.8. The van der Waals surface area contributed by atoms with E-state index in [-0.39, 0.29) is 42.0 Å². The van der Waals surface area contributed by atoms with Crippen molar-refractivity contribution < 1.29 is 28.7 Å². The molecule has 2 aromatic carbocycles. The summed E-state index contributed by atoms with van der Waals surface area (Å²) in [5.41, 5.74) is 16.0. The van der Waals surface area contributed by atoms with Crippen LogP contribution in [-0.4, -0.2) is 95.7 Å². The molecule has 1 aliphatic carbocycles. The second-order valence-corrected chi connectivity index (χ2v) is 17.4. The number of amides is 4. The number of hydrogen-bond donors (Lipinski definition) is 4. The van der Waals surface area contributed by atoms with Gasteiger partial charge in [-0.15, -0.1) is 11.3 Å². The predicted octanol–water partition coefficient (Wildman–Crippen LogP) is 5.46. The molecule has 0 bridgehead atoms. The summed E-state index contributed by atoms with van der Waals surface area (Å²) in [7, 11) is 1.48. The molecule has 1 saturated carbocycles. The molecule has 0 unspecified atom stereocenters. The molecular weight excluding hydrogens is 825 g/mol. The first-order valence-corrected chi connectivity index (χ1v) is 22.0. The van der Waals surface area contributed by atoms with Gasteiger partial charge in [-0.1, -0.05) is 25.5 Å². The number of nitrogens with one attached hydrogen (secondary N) is 2. The van der Waals surface area contributed by atoms with Gasteiger partial charge in [-0.2, -0.15) is 5.10 Å². The molecule has 6 N–H and O–H groups in total. The lowest BCUT2D eigenvalue weighted by atomic mass is 9.63. The lowest BCUT2D eigenvalue weighted by Gasteiger charge is -2.56. The number of rotatable bonds is 18. The smallest absolute Gasteiger partial charge is 0.276 e. The number of likely N-dealkylation sites (tertiary alicyclic amines) is 1. The summed E-state index contributed by atoms with van der Waals surface area (Å²) in [4.78, 5) is 69.4. The van der Waals surface area contributed by atoms with E-state index in [2.05, 4.69) is 25.6 Å². The van der Waals surface area contributed by atoms with Crippen LogP contribution in [0.4, 0.5) is 11.9 Å². The number of ether oxygens (including phenoxy) is 2. The number of carbonyl (C=O) groups is 4. The van der Waals surface area contributed by atoms with E-state index in [1.165, 1.54) is 43.8 Å². The van der Waals surface area contributed by atoms with Gasteiger partial charge in [-0.3, -0.25) is 34.5 Å². The van der Waals surface area contributed by atoms with Crippen LogP contribution in [0.3, 0.4) is 0 Å². The van der Waals surface area contributed by atoms with Crippen molar-refractivity contribution in [2.24, 2.45) is 16.9 Å². The molecule has 4 aromatic heterocycles. The average molecular weight is 877 g/mol. The molecule has 19 heteroatoms. The third-order valence-corrected chi connectivity index (χ3v) is 12.8. The summed E-state index contributed by atoms with van der Waals surface area (Å²) >= 11 is 1.31. The lowest BCUT2D eigenvalue weighted by Crippen LogP contribution is -2.59. The Hall–Kier alpha value is -6.60. The standard InChI is InChI=1S/C44H52N12O6S/c1-6-29-37(63-26(4)47-29)41(60)51-43-49-31-20-28(39(46)58)22-34(62-17-11-14-53-23-44(24-53)12-10-13-44)36(31)55(43)16-9-8-15-54-35-30(19-27(38(45)57)21-33(35)61-5)48-42(54)50-40(59)32-18-25(3)52-56(32)7-2/h8-9,18-22H,6-7,10-17,23-24H2,1-5H3,(H2,45,57)(H2,46,58)(H,48,50,59)(H,49,51,60)/b9-8+. The number of imidazole rings is 2. The Kier molecular flexibility index (Phi) is 12.1. The molecule has 63 heavy (non-hydrogen) atoms.